The molecule has 0 bridgehead atoms. The van der Waals surface area contributed by atoms with Crippen molar-refractivity contribution < 1.29 is 23.1 Å². The van der Waals surface area contributed by atoms with E-state index in [9.17, 15) is 13.2 Å². The number of hydrogen-bond donors (Lipinski definition) is 2. The normalized spacial score (nSPS) is 11.5. The van der Waals surface area contributed by atoms with Crippen LogP contribution in [-0.2, 0) is 14.8 Å². The fraction of sp³-hybridized carbons (Fsp3) is 0.462. The van der Waals surface area contributed by atoms with Crippen LogP contribution in [0, 0.1) is 6.92 Å². The summed E-state index contributed by atoms with van der Waals surface area (Å²) in [6.07, 6.45) is 1.41. The molecule has 1 aromatic carbocycles. The van der Waals surface area contributed by atoms with Crippen molar-refractivity contribution in [1.82, 2.24) is 4.72 Å². The largest absolute Gasteiger partial charge is 0.478 e. The van der Waals surface area contributed by atoms with Gasteiger partial charge in [0.25, 0.3) is 0 Å². The van der Waals surface area contributed by atoms with Crippen molar-refractivity contribution in [2.24, 2.45) is 0 Å². The first-order valence-electron chi connectivity index (χ1n) is 6.21. The van der Waals surface area contributed by atoms with Gasteiger partial charge in [-0.3, -0.25) is 0 Å². The lowest BCUT2D eigenvalue weighted by atomic mass is 10.1. The molecule has 0 aliphatic rings. The zero-order valence-corrected chi connectivity index (χ0v) is 12.4. The van der Waals surface area contributed by atoms with Crippen LogP contribution in [0.1, 0.15) is 28.8 Å². The molecule has 0 fully saturated rings. The highest BCUT2D eigenvalue weighted by Gasteiger charge is 2.17. The Morgan fingerprint density at radius 1 is 1.35 bits per heavy atom. The van der Waals surface area contributed by atoms with Gasteiger partial charge in [-0.25, -0.2) is 17.9 Å². The SMILES string of the molecule is COCCCCNS(=O)(=O)c1ccc(C)c(C(=O)O)c1. The Labute approximate surface area is 118 Å². The van der Waals surface area contributed by atoms with E-state index in [1.807, 2.05) is 0 Å². The van der Waals surface area contributed by atoms with Crippen molar-refractivity contribution in [3.05, 3.63) is 29.3 Å². The van der Waals surface area contributed by atoms with Gasteiger partial charge in [-0.15, -0.1) is 0 Å². The number of nitrogens with one attached hydrogen (secondary N) is 1. The molecule has 0 saturated carbocycles. The molecule has 112 valence electrons. The number of methoxy groups -OCH3 is 1. The first-order valence-corrected chi connectivity index (χ1v) is 7.69. The number of carboxylic acids is 1. The van der Waals surface area contributed by atoms with Gasteiger partial charge in [0.05, 0.1) is 10.5 Å². The number of carbonyl (C=O) groups is 1. The molecule has 0 saturated heterocycles. The average molecular weight is 301 g/mol. The molecule has 0 unspecified atom stereocenters. The van der Waals surface area contributed by atoms with E-state index in [-0.39, 0.29) is 10.5 Å². The molecule has 2 N–H and O–H groups in total. The van der Waals surface area contributed by atoms with Crippen LogP contribution in [0.4, 0.5) is 0 Å². The number of ether oxygens (including phenoxy) is 1. The standard InChI is InChI=1S/C13H19NO5S/c1-10-5-6-11(9-12(10)13(15)16)20(17,18)14-7-3-4-8-19-2/h5-6,9,14H,3-4,7-8H2,1-2H3,(H,15,16). The van der Waals surface area contributed by atoms with E-state index in [1.54, 1.807) is 14.0 Å². The molecule has 20 heavy (non-hydrogen) atoms. The Hall–Kier alpha value is -1.44. The first-order chi connectivity index (χ1) is 9.38. The van der Waals surface area contributed by atoms with Crippen LogP contribution < -0.4 is 4.72 Å². The molecule has 0 radical (unpaired) electrons. The van der Waals surface area contributed by atoms with E-state index >= 15 is 0 Å². The summed E-state index contributed by atoms with van der Waals surface area (Å²) in [5, 5.41) is 9.00. The van der Waals surface area contributed by atoms with Crippen molar-refractivity contribution >= 4 is 16.0 Å². The van der Waals surface area contributed by atoms with Gasteiger partial charge in [-0.1, -0.05) is 6.07 Å². The number of aromatic carboxylic acids is 1. The quantitative estimate of drug-likeness (QED) is 0.708. The maximum atomic E-state index is 12.0. The molecular weight excluding hydrogens is 282 g/mol. The maximum Gasteiger partial charge on any atom is 0.335 e. The Morgan fingerprint density at radius 3 is 2.65 bits per heavy atom. The minimum atomic E-state index is -3.67. The van der Waals surface area contributed by atoms with Crippen molar-refractivity contribution in [2.45, 2.75) is 24.7 Å². The van der Waals surface area contributed by atoms with Gasteiger partial charge < -0.3 is 9.84 Å². The van der Waals surface area contributed by atoms with Gasteiger partial charge in [-0.05, 0) is 37.5 Å². The van der Waals surface area contributed by atoms with Gasteiger partial charge in [0.1, 0.15) is 0 Å². The monoisotopic (exact) mass is 301 g/mol. The van der Waals surface area contributed by atoms with Crippen LogP contribution in [0.3, 0.4) is 0 Å². The second-order valence-electron chi connectivity index (χ2n) is 4.38. The third-order valence-electron chi connectivity index (χ3n) is 2.82. The highest BCUT2D eigenvalue weighted by Crippen LogP contribution is 2.15. The Balaban J connectivity index is 2.77. The Morgan fingerprint density at radius 2 is 2.05 bits per heavy atom. The van der Waals surface area contributed by atoms with Crippen molar-refractivity contribution in [3.8, 4) is 0 Å². The fourth-order valence-corrected chi connectivity index (χ4v) is 2.76. The number of carboxylic acid groups (broad SMARTS) is 1. The van der Waals surface area contributed by atoms with Crippen LogP contribution in [0.5, 0.6) is 0 Å². The van der Waals surface area contributed by atoms with E-state index in [2.05, 4.69) is 4.72 Å². The van der Waals surface area contributed by atoms with Gasteiger partial charge in [0.15, 0.2) is 0 Å². The van der Waals surface area contributed by atoms with Crippen molar-refractivity contribution in [3.63, 3.8) is 0 Å². The van der Waals surface area contributed by atoms with Crippen LogP contribution >= 0.6 is 0 Å². The highest BCUT2D eigenvalue weighted by molar-refractivity contribution is 7.89. The number of sulfonamides is 1. The minimum Gasteiger partial charge on any atom is -0.478 e. The molecule has 0 aliphatic carbocycles. The molecule has 0 heterocycles. The summed E-state index contributed by atoms with van der Waals surface area (Å²) in [5.41, 5.74) is 0.517. The summed E-state index contributed by atoms with van der Waals surface area (Å²) in [6, 6.07) is 4.07. The third-order valence-corrected chi connectivity index (χ3v) is 4.28. The summed E-state index contributed by atoms with van der Waals surface area (Å²) < 4.78 is 31.3. The molecule has 1 aromatic rings. The van der Waals surface area contributed by atoms with Crippen LogP contribution in [0.15, 0.2) is 23.1 Å². The van der Waals surface area contributed by atoms with Gasteiger partial charge in [-0.2, -0.15) is 0 Å². The molecule has 7 heteroatoms. The fourth-order valence-electron chi connectivity index (χ4n) is 1.66. The van der Waals surface area contributed by atoms with Gasteiger partial charge in [0.2, 0.25) is 10.0 Å². The minimum absolute atomic E-state index is 0.00717. The topological polar surface area (TPSA) is 92.7 Å². The smallest absolute Gasteiger partial charge is 0.335 e. The van der Waals surface area contributed by atoms with Crippen molar-refractivity contribution in [2.75, 3.05) is 20.3 Å². The molecule has 0 atom stereocenters. The van der Waals surface area contributed by atoms with Crippen LogP contribution in [0.25, 0.3) is 0 Å². The number of hydrogen-bond acceptors (Lipinski definition) is 4. The summed E-state index contributed by atoms with van der Waals surface area (Å²) >= 11 is 0. The maximum absolute atomic E-state index is 12.0. The summed E-state index contributed by atoms with van der Waals surface area (Å²) in [5.74, 6) is -1.14. The molecule has 1 rings (SSSR count). The second-order valence-corrected chi connectivity index (χ2v) is 6.15. The van der Waals surface area contributed by atoms with E-state index in [1.165, 1.54) is 18.2 Å². The number of benzene rings is 1. The molecule has 0 aliphatic heterocycles. The average Bonchev–Trinajstić information content (AvgIpc) is 2.38. The lowest BCUT2D eigenvalue weighted by Gasteiger charge is -2.08. The van der Waals surface area contributed by atoms with Crippen LogP contribution in [0.2, 0.25) is 0 Å². The van der Waals surface area contributed by atoms with E-state index < -0.39 is 16.0 Å². The van der Waals surface area contributed by atoms with Crippen molar-refractivity contribution in [1.29, 1.82) is 0 Å². The second kappa shape index (κ2) is 7.37. The highest BCUT2D eigenvalue weighted by atomic mass is 32.2. The Bertz CT molecular complexity index is 568. The number of aryl methyl sites for hydroxylation is 1. The number of unbranched alkanes of at least 4 members (excludes halogenated alkanes) is 1. The number of rotatable bonds is 8. The third kappa shape index (κ3) is 4.59. The molecule has 0 aromatic heterocycles. The summed E-state index contributed by atoms with van der Waals surface area (Å²) in [7, 11) is -2.09. The van der Waals surface area contributed by atoms with Gasteiger partial charge in [0, 0.05) is 20.3 Å². The van der Waals surface area contributed by atoms with E-state index in [0.29, 0.717) is 25.1 Å². The molecule has 0 spiro atoms. The Kier molecular flexibility index (Phi) is 6.12. The zero-order chi connectivity index (χ0) is 15.2. The predicted octanol–water partition coefficient (Wildman–Crippen LogP) is 1.40. The van der Waals surface area contributed by atoms with Crippen LogP contribution in [-0.4, -0.2) is 39.8 Å². The molecule has 0 amide bonds. The van der Waals surface area contributed by atoms with E-state index in [4.69, 9.17) is 9.84 Å². The zero-order valence-electron chi connectivity index (χ0n) is 11.5. The predicted molar refractivity (Wildman–Crippen MR) is 74.4 cm³/mol. The molecule has 6 nitrogen and oxygen atoms in total. The van der Waals surface area contributed by atoms with Gasteiger partial charge >= 0.3 is 5.97 Å². The lowest BCUT2D eigenvalue weighted by Crippen LogP contribution is -2.25. The summed E-state index contributed by atoms with van der Waals surface area (Å²) in [4.78, 5) is 11.0. The first kappa shape index (κ1) is 16.6. The lowest BCUT2D eigenvalue weighted by molar-refractivity contribution is 0.0696. The van der Waals surface area contributed by atoms with E-state index in [0.717, 1.165) is 6.42 Å². The summed E-state index contributed by atoms with van der Waals surface area (Å²) in [6.45, 7) is 2.50. The molecular formula is C13H19NO5S.